The van der Waals surface area contributed by atoms with Crippen LogP contribution in [0.4, 0.5) is 5.13 Å². The molecule has 84 valence electrons. The average Bonchev–Trinajstić information content (AvgIpc) is 2.58. The summed E-state index contributed by atoms with van der Waals surface area (Å²) in [5.74, 6) is 0. The zero-order chi connectivity index (χ0) is 11.7. The van der Waals surface area contributed by atoms with Gasteiger partial charge >= 0.3 is 0 Å². The van der Waals surface area contributed by atoms with Crippen molar-refractivity contribution in [1.29, 1.82) is 0 Å². The Bertz CT molecular complexity index is 499. The van der Waals surface area contributed by atoms with Crippen molar-refractivity contribution in [1.82, 2.24) is 4.98 Å². The maximum Gasteiger partial charge on any atom is 0.180 e. The number of aromatic nitrogens is 1. The molecule has 1 aromatic carbocycles. The van der Waals surface area contributed by atoms with Gasteiger partial charge in [-0.2, -0.15) is 0 Å². The van der Waals surface area contributed by atoms with Crippen LogP contribution >= 0.6 is 43.2 Å². The normalized spacial score (nSPS) is 10.7. The van der Waals surface area contributed by atoms with Crippen molar-refractivity contribution in [2.24, 2.45) is 0 Å². The first-order chi connectivity index (χ1) is 7.56. The predicted octanol–water partition coefficient (Wildman–Crippen LogP) is 4.15. The van der Waals surface area contributed by atoms with Crippen LogP contribution in [0.1, 0.15) is 16.0 Å². The molecule has 0 saturated heterocycles. The molecule has 0 spiro atoms. The Morgan fingerprint density at radius 3 is 2.44 bits per heavy atom. The molecule has 0 bridgehead atoms. The van der Waals surface area contributed by atoms with E-state index in [2.05, 4.69) is 55.9 Å². The van der Waals surface area contributed by atoms with Crippen LogP contribution in [-0.2, 0) is 6.42 Å². The first kappa shape index (κ1) is 12.1. The maximum absolute atomic E-state index is 5.62. The van der Waals surface area contributed by atoms with E-state index in [-0.39, 0.29) is 0 Å². The van der Waals surface area contributed by atoms with Gasteiger partial charge in [-0.05, 0) is 30.2 Å². The quantitative estimate of drug-likeness (QED) is 0.872. The SMILES string of the molecule is Cc1cc(Br)c(Cc2cnc(N)s2)c(Br)c1. The lowest BCUT2D eigenvalue weighted by atomic mass is 10.1. The monoisotopic (exact) mass is 360 g/mol. The molecule has 2 nitrogen and oxygen atoms in total. The molecule has 1 aromatic heterocycles. The highest BCUT2D eigenvalue weighted by molar-refractivity contribution is 9.11. The van der Waals surface area contributed by atoms with Crippen LogP contribution in [0.5, 0.6) is 0 Å². The Balaban J connectivity index is 2.34. The van der Waals surface area contributed by atoms with Gasteiger partial charge < -0.3 is 5.73 Å². The Hall–Kier alpha value is -0.390. The van der Waals surface area contributed by atoms with Gasteiger partial charge in [0.2, 0.25) is 0 Å². The molecule has 16 heavy (non-hydrogen) atoms. The fourth-order valence-electron chi connectivity index (χ4n) is 1.48. The third-order valence-corrected chi connectivity index (χ3v) is 4.45. The number of hydrogen-bond donors (Lipinski definition) is 1. The minimum atomic E-state index is 0.620. The number of nitrogens with two attached hydrogens (primary N) is 1. The van der Waals surface area contributed by atoms with Crippen LogP contribution < -0.4 is 5.73 Å². The number of rotatable bonds is 2. The first-order valence-corrected chi connectivity index (χ1v) is 7.11. The van der Waals surface area contributed by atoms with Gasteiger partial charge in [0, 0.05) is 26.4 Å². The topological polar surface area (TPSA) is 38.9 Å². The molecule has 0 saturated carbocycles. The number of nitrogens with zero attached hydrogens (tertiary/aromatic N) is 1. The molecule has 0 aliphatic heterocycles. The number of halogens is 2. The first-order valence-electron chi connectivity index (χ1n) is 4.71. The van der Waals surface area contributed by atoms with E-state index < -0.39 is 0 Å². The van der Waals surface area contributed by atoms with E-state index >= 15 is 0 Å². The molecular formula is C11H10Br2N2S. The Labute approximate surface area is 115 Å². The fraction of sp³-hybridized carbons (Fsp3) is 0.182. The molecule has 5 heteroatoms. The zero-order valence-electron chi connectivity index (χ0n) is 8.63. The van der Waals surface area contributed by atoms with E-state index in [1.807, 2.05) is 6.20 Å². The summed E-state index contributed by atoms with van der Waals surface area (Å²) in [6.07, 6.45) is 2.68. The molecule has 0 amide bonds. The summed E-state index contributed by atoms with van der Waals surface area (Å²) < 4.78 is 2.23. The van der Waals surface area contributed by atoms with E-state index in [4.69, 9.17) is 5.73 Å². The molecule has 2 rings (SSSR count). The van der Waals surface area contributed by atoms with E-state index in [0.29, 0.717) is 5.13 Å². The molecule has 2 aromatic rings. The number of anilines is 1. The lowest BCUT2D eigenvalue weighted by molar-refractivity contribution is 1.18. The highest BCUT2D eigenvalue weighted by Gasteiger charge is 2.09. The van der Waals surface area contributed by atoms with Gasteiger partial charge in [0.05, 0.1) is 0 Å². The summed E-state index contributed by atoms with van der Waals surface area (Å²) in [6, 6.07) is 4.23. The van der Waals surface area contributed by atoms with Crippen molar-refractivity contribution in [3.8, 4) is 0 Å². The lowest BCUT2D eigenvalue weighted by Gasteiger charge is -2.07. The van der Waals surface area contributed by atoms with Gasteiger partial charge in [-0.1, -0.05) is 31.9 Å². The van der Waals surface area contributed by atoms with Gasteiger partial charge in [-0.25, -0.2) is 4.98 Å². The van der Waals surface area contributed by atoms with Gasteiger partial charge in [-0.15, -0.1) is 11.3 Å². The van der Waals surface area contributed by atoms with E-state index in [0.717, 1.165) is 15.4 Å². The molecule has 0 aliphatic carbocycles. The number of nitrogen functional groups attached to an aromatic ring is 1. The highest BCUT2D eigenvalue weighted by Crippen LogP contribution is 2.30. The molecule has 0 aliphatic rings. The number of hydrogen-bond acceptors (Lipinski definition) is 3. The van der Waals surface area contributed by atoms with Crippen molar-refractivity contribution in [3.05, 3.63) is 43.3 Å². The van der Waals surface area contributed by atoms with Crippen molar-refractivity contribution in [2.75, 3.05) is 5.73 Å². The van der Waals surface area contributed by atoms with Crippen LogP contribution in [0.15, 0.2) is 27.3 Å². The molecule has 0 radical (unpaired) electrons. The Morgan fingerprint density at radius 1 is 1.31 bits per heavy atom. The van der Waals surface area contributed by atoms with Crippen molar-refractivity contribution < 1.29 is 0 Å². The fourth-order valence-corrected chi connectivity index (χ4v) is 3.87. The predicted molar refractivity (Wildman–Crippen MR) is 75.9 cm³/mol. The van der Waals surface area contributed by atoms with Crippen LogP contribution in [0.25, 0.3) is 0 Å². The average molecular weight is 362 g/mol. The van der Waals surface area contributed by atoms with Gasteiger partial charge in [0.25, 0.3) is 0 Å². The van der Waals surface area contributed by atoms with Crippen LogP contribution in [-0.4, -0.2) is 4.98 Å². The Morgan fingerprint density at radius 2 is 1.94 bits per heavy atom. The maximum atomic E-state index is 5.62. The smallest absolute Gasteiger partial charge is 0.180 e. The second-order valence-electron chi connectivity index (χ2n) is 3.55. The summed E-state index contributed by atoms with van der Waals surface area (Å²) in [7, 11) is 0. The van der Waals surface area contributed by atoms with Crippen LogP contribution in [0, 0.1) is 6.92 Å². The summed E-state index contributed by atoms with van der Waals surface area (Å²) in [5.41, 5.74) is 8.08. The van der Waals surface area contributed by atoms with E-state index in [1.165, 1.54) is 27.3 Å². The molecule has 0 unspecified atom stereocenters. The summed E-state index contributed by atoms with van der Waals surface area (Å²) >= 11 is 8.70. The third kappa shape index (κ3) is 2.64. The van der Waals surface area contributed by atoms with Gasteiger partial charge in [0.1, 0.15) is 0 Å². The van der Waals surface area contributed by atoms with Crippen molar-refractivity contribution in [2.45, 2.75) is 13.3 Å². The van der Waals surface area contributed by atoms with E-state index in [1.54, 1.807) is 0 Å². The molecule has 2 N–H and O–H groups in total. The van der Waals surface area contributed by atoms with Crippen LogP contribution in [0.3, 0.4) is 0 Å². The molecule has 0 atom stereocenters. The molecule has 0 fully saturated rings. The second-order valence-corrected chi connectivity index (χ2v) is 6.40. The van der Waals surface area contributed by atoms with Gasteiger partial charge in [0.15, 0.2) is 5.13 Å². The summed E-state index contributed by atoms with van der Waals surface area (Å²) in [4.78, 5) is 5.22. The molecule has 1 heterocycles. The summed E-state index contributed by atoms with van der Waals surface area (Å²) in [6.45, 7) is 2.07. The minimum absolute atomic E-state index is 0.620. The lowest BCUT2D eigenvalue weighted by Crippen LogP contribution is -1.90. The second kappa shape index (κ2) is 4.85. The zero-order valence-corrected chi connectivity index (χ0v) is 12.6. The molecular weight excluding hydrogens is 352 g/mol. The number of aryl methyl sites for hydroxylation is 1. The van der Waals surface area contributed by atoms with E-state index in [9.17, 15) is 0 Å². The standard InChI is InChI=1S/C11H10Br2N2S/c1-6-2-9(12)8(10(13)3-6)4-7-5-15-11(14)16-7/h2-3,5H,4H2,1H3,(H2,14,15). The van der Waals surface area contributed by atoms with Crippen LogP contribution in [0.2, 0.25) is 0 Å². The number of benzene rings is 1. The number of thiazole rings is 1. The van der Waals surface area contributed by atoms with Crippen molar-refractivity contribution in [3.63, 3.8) is 0 Å². The third-order valence-electron chi connectivity index (χ3n) is 2.21. The highest BCUT2D eigenvalue weighted by atomic mass is 79.9. The van der Waals surface area contributed by atoms with Gasteiger partial charge in [-0.3, -0.25) is 0 Å². The van der Waals surface area contributed by atoms with Crippen molar-refractivity contribution >= 4 is 48.3 Å². The Kier molecular flexibility index (Phi) is 3.66. The largest absolute Gasteiger partial charge is 0.375 e. The summed E-state index contributed by atoms with van der Waals surface area (Å²) in [5, 5.41) is 0.620. The minimum Gasteiger partial charge on any atom is -0.375 e.